The number of aryl methyl sites for hydroxylation is 1. The first-order valence-electron chi connectivity index (χ1n) is 5.11. The van der Waals surface area contributed by atoms with Crippen LogP contribution >= 0.6 is 0 Å². The van der Waals surface area contributed by atoms with Crippen molar-refractivity contribution in [1.82, 2.24) is 10.1 Å². The highest BCUT2D eigenvalue weighted by molar-refractivity contribution is 7.91. The molecule has 1 aromatic carbocycles. The second-order valence-corrected chi connectivity index (χ2v) is 5.95. The summed E-state index contributed by atoms with van der Waals surface area (Å²) in [6, 6.07) is 8.22. The maximum Gasteiger partial charge on any atom is 0.245 e. The summed E-state index contributed by atoms with van der Waals surface area (Å²) < 4.78 is 29.3. The Bertz CT molecular complexity index is 605. The minimum absolute atomic E-state index is 0.117. The Morgan fingerprint density at radius 2 is 1.88 bits per heavy atom. The molecule has 0 radical (unpaired) electrons. The normalized spacial score (nSPS) is 13.5. The molecule has 17 heavy (non-hydrogen) atoms. The monoisotopic (exact) mass is 252 g/mol. The van der Waals surface area contributed by atoms with Crippen molar-refractivity contribution in [2.75, 3.05) is 0 Å². The molecule has 0 spiro atoms. The Morgan fingerprint density at radius 3 is 2.41 bits per heavy atom. The summed E-state index contributed by atoms with van der Waals surface area (Å²) in [5.74, 6) is 0.543. The summed E-state index contributed by atoms with van der Waals surface area (Å²) in [6.45, 7) is 3.18. The molecular formula is C11H12N2O3S. The third-order valence-electron chi connectivity index (χ3n) is 2.43. The summed E-state index contributed by atoms with van der Waals surface area (Å²) in [7, 11) is -3.47. The molecule has 0 N–H and O–H groups in total. The maximum atomic E-state index is 12.2. The van der Waals surface area contributed by atoms with Crippen molar-refractivity contribution in [3.8, 4) is 0 Å². The minimum atomic E-state index is -3.47. The topological polar surface area (TPSA) is 73.1 Å². The van der Waals surface area contributed by atoms with Crippen LogP contribution in [-0.4, -0.2) is 18.6 Å². The highest BCUT2D eigenvalue weighted by Crippen LogP contribution is 2.26. The molecule has 6 heteroatoms. The van der Waals surface area contributed by atoms with Crippen LogP contribution in [0.1, 0.15) is 23.9 Å². The lowest BCUT2D eigenvalue weighted by molar-refractivity contribution is 0.373. The van der Waals surface area contributed by atoms with E-state index in [2.05, 4.69) is 10.1 Å². The molecule has 0 aliphatic rings. The van der Waals surface area contributed by atoms with Gasteiger partial charge in [0, 0.05) is 0 Å². The van der Waals surface area contributed by atoms with E-state index in [1.54, 1.807) is 37.3 Å². The zero-order valence-corrected chi connectivity index (χ0v) is 10.3. The Balaban J connectivity index is 2.40. The van der Waals surface area contributed by atoms with Gasteiger partial charge in [-0.15, -0.1) is 0 Å². The van der Waals surface area contributed by atoms with E-state index in [1.165, 1.54) is 6.92 Å². The van der Waals surface area contributed by atoms with Gasteiger partial charge in [-0.25, -0.2) is 8.42 Å². The SMILES string of the molecule is Cc1noc(C(C)S(=O)(=O)c2ccccc2)n1. The summed E-state index contributed by atoms with van der Waals surface area (Å²) in [5.41, 5.74) is 0. The van der Waals surface area contributed by atoms with Crippen molar-refractivity contribution in [1.29, 1.82) is 0 Å². The Labute approximate surface area is 99.4 Å². The molecule has 2 aromatic rings. The van der Waals surface area contributed by atoms with Crippen molar-refractivity contribution < 1.29 is 12.9 Å². The quantitative estimate of drug-likeness (QED) is 0.834. The number of nitrogens with zero attached hydrogens (tertiary/aromatic N) is 2. The van der Waals surface area contributed by atoms with Gasteiger partial charge in [0.1, 0.15) is 5.25 Å². The molecule has 0 bridgehead atoms. The first-order valence-corrected chi connectivity index (χ1v) is 6.65. The van der Waals surface area contributed by atoms with Crippen LogP contribution < -0.4 is 0 Å². The molecular weight excluding hydrogens is 240 g/mol. The Kier molecular flexibility index (Phi) is 2.97. The lowest BCUT2D eigenvalue weighted by Gasteiger charge is -2.08. The smallest absolute Gasteiger partial charge is 0.245 e. The van der Waals surface area contributed by atoms with Crippen molar-refractivity contribution in [2.45, 2.75) is 24.0 Å². The molecule has 5 nitrogen and oxygen atoms in total. The zero-order chi connectivity index (χ0) is 12.5. The Hall–Kier alpha value is -1.69. The Morgan fingerprint density at radius 1 is 1.24 bits per heavy atom. The number of hydrogen-bond acceptors (Lipinski definition) is 5. The van der Waals surface area contributed by atoms with Crippen molar-refractivity contribution in [3.05, 3.63) is 42.0 Å². The van der Waals surface area contributed by atoms with Crippen LogP contribution in [0.25, 0.3) is 0 Å². The van der Waals surface area contributed by atoms with Crippen LogP contribution in [0.2, 0.25) is 0 Å². The van der Waals surface area contributed by atoms with Crippen molar-refractivity contribution in [3.63, 3.8) is 0 Å². The molecule has 2 rings (SSSR count). The molecule has 1 atom stereocenters. The highest BCUT2D eigenvalue weighted by atomic mass is 32.2. The second-order valence-electron chi connectivity index (χ2n) is 3.68. The summed E-state index contributed by atoms with van der Waals surface area (Å²) in [6.07, 6.45) is 0. The molecule has 0 amide bonds. The van der Waals surface area contributed by atoms with Gasteiger partial charge in [0.15, 0.2) is 15.7 Å². The fourth-order valence-electron chi connectivity index (χ4n) is 1.43. The lowest BCUT2D eigenvalue weighted by Crippen LogP contribution is -2.11. The molecule has 1 heterocycles. The highest BCUT2D eigenvalue weighted by Gasteiger charge is 2.29. The fraction of sp³-hybridized carbons (Fsp3) is 0.273. The minimum Gasteiger partial charge on any atom is -0.338 e. The standard InChI is InChI=1S/C11H12N2O3S/c1-8(11-12-9(2)13-16-11)17(14,15)10-6-4-3-5-7-10/h3-8H,1-2H3. The maximum absolute atomic E-state index is 12.2. The summed E-state index contributed by atoms with van der Waals surface area (Å²) in [5, 5.41) is 2.75. The van der Waals surface area contributed by atoms with Gasteiger partial charge in [0.25, 0.3) is 0 Å². The second kappa shape index (κ2) is 4.29. The van der Waals surface area contributed by atoms with Crippen LogP contribution in [0.3, 0.4) is 0 Å². The van der Waals surface area contributed by atoms with Gasteiger partial charge >= 0.3 is 0 Å². The number of hydrogen-bond donors (Lipinski definition) is 0. The van der Waals surface area contributed by atoms with Crippen molar-refractivity contribution >= 4 is 9.84 Å². The predicted octanol–water partition coefficient (Wildman–Crippen LogP) is 1.91. The molecule has 1 aromatic heterocycles. The van der Waals surface area contributed by atoms with Gasteiger partial charge in [-0.3, -0.25) is 0 Å². The number of benzene rings is 1. The van der Waals surface area contributed by atoms with Crippen LogP contribution in [-0.2, 0) is 9.84 Å². The fourth-order valence-corrected chi connectivity index (χ4v) is 2.73. The third-order valence-corrected chi connectivity index (χ3v) is 4.49. The molecule has 90 valence electrons. The van der Waals surface area contributed by atoms with E-state index in [0.29, 0.717) is 5.82 Å². The van der Waals surface area contributed by atoms with Gasteiger partial charge in [-0.1, -0.05) is 23.4 Å². The van der Waals surface area contributed by atoms with E-state index in [9.17, 15) is 8.42 Å². The predicted molar refractivity (Wildman–Crippen MR) is 61.1 cm³/mol. The van der Waals surface area contributed by atoms with Crippen LogP contribution in [0.5, 0.6) is 0 Å². The molecule has 0 fully saturated rings. The molecule has 0 saturated carbocycles. The van der Waals surface area contributed by atoms with E-state index in [-0.39, 0.29) is 10.8 Å². The van der Waals surface area contributed by atoms with E-state index in [4.69, 9.17) is 4.52 Å². The molecule has 0 aliphatic carbocycles. The van der Waals surface area contributed by atoms with Gasteiger partial charge in [-0.2, -0.15) is 4.98 Å². The molecule has 0 aliphatic heterocycles. The van der Waals surface area contributed by atoms with E-state index < -0.39 is 15.1 Å². The molecule has 0 saturated heterocycles. The summed E-state index contributed by atoms with van der Waals surface area (Å²) >= 11 is 0. The largest absolute Gasteiger partial charge is 0.338 e. The van der Waals surface area contributed by atoms with Crippen molar-refractivity contribution in [2.24, 2.45) is 0 Å². The zero-order valence-electron chi connectivity index (χ0n) is 9.49. The first-order chi connectivity index (χ1) is 8.01. The summed E-state index contributed by atoms with van der Waals surface area (Å²) in [4.78, 5) is 4.20. The number of aromatic nitrogens is 2. The van der Waals surface area contributed by atoms with Crippen LogP contribution in [0.4, 0.5) is 0 Å². The van der Waals surface area contributed by atoms with Crippen LogP contribution in [0, 0.1) is 6.92 Å². The van der Waals surface area contributed by atoms with Gasteiger partial charge in [0.2, 0.25) is 5.89 Å². The van der Waals surface area contributed by atoms with E-state index >= 15 is 0 Å². The van der Waals surface area contributed by atoms with Gasteiger partial charge in [-0.05, 0) is 26.0 Å². The average Bonchev–Trinajstić information content (AvgIpc) is 2.76. The van der Waals surface area contributed by atoms with E-state index in [0.717, 1.165) is 0 Å². The third kappa shape index (κ3) is 2.21. The number of rotatable bonds is 3. The van der Waals surface area contributed by atoms with Gasteiger partial charge in [0.05, 0.1) is 4.90 Å². The molecule has 1 unspecified atom stereocenters. The first kappa shape index (κ1) is 11.8. The van der Waals surface area contributed by atoms with Crippen LogP contribution in [0.15, 0.2) is 39.8 Å². The lowest BCUT2D eigenvalue weighted by atomic mass is 10.4. The average molecular weight is 252 g/mol. The van der Waals surface area contributed by atoms with Gasteiger partial charge < -0.3 is 4.52 Å². The van der Waals surface area contributed by atoms with E-state index in [1.807, 2.05) is 0 Å². The number of sulfone groups is 1.